The number of piperazine rings is 1. The van der Waals surface area contributed by atoms with Gasteiger partial charge in [-0.3, -0.25) is 19.3 Å². The summed E-state index contributed by atoms with van der Waals surface area (Å²) in [5.41, 5.74) is 0. The van der Waals surface area contributed by atoms with Crippen molar-refractivity contribution in [3.05, 3.63) is 22.3 Å². The highest BCUT2D eigenvalue weighted by Crippen LogP contribution is 2.29. The third-order valence-corrected chi connectivity index (χ3v) is 7.23. The molecule has 1 aliphatic carbocycles. The molecule has 1 unspecified atom stereocenters. The molecular weight excluding hydrogens is 406 g/mol. The Morgan fingerprint density at radius 1 is 1.24 bits per heavy atom. The Hall–Kier alpha value is -2.00. The second-order valence-electron chi connectivity index (χ2n) is 7.94. The number of rotatable bonds is 5. The summed E-state index contributed by atoms with van der Waals surface area (Å²) in [7, 11) is 0. The summed E-state index contributed by atoms with van der Waals surface area (Å²) < 4.78 is 2.24. The lowest BCUT2D eigenvalue weighted by atomic mass is 10.0. The van der Waals surface area contributed by atoms with Gasteiger partial charge < -0.3 is 9.80 Å². The summed E-state index contributed by atoms with van der Waals surface area (Å²) in [4.78, 5) is 30.4. The highest BCUT2D eigenvalue weighted by atomic mass is 32.1. The van der Waals surface area contributed by atoms with E-state index in [1.54, 1.807) is 15.9 Å². The van der Waals surface area contributed by atoms with E-state index >= 15 is 0 Å². The molecule has 0 spiro atoms. The molecule has 1 atom stereocenters. The van der Waals surface area contributed by atoms with Crippen molar-refractivity contribution < 1.29 is 9.59 Å². The zero-order valence-corrected chi connectivity index (χ0v) is 18.3. The van der Waals surface area contributed by atoms with Crippen LogP contribution in [0.4, 0.5) is 0 Å². The number of H-pyrrole nitrogens is 1. The fourth-order valence-corrected chi connectivity index (χ4v) is 5.39. The van der Waals surface area contributed by atoms with Gasteiger partial charge in [0.15, 0.2) is 10.6 Å². The van der Waals surface area contributed by atoms with Gasteiger partial charge in [0.25, 0.3) is 0 Å². The van der Waals surface area contributed by atoms with Crippen molar-refractivity contribution >= 4 is 35.4 Å². The molecule has 1 saturated heterocycles. The van der Waals surface area contributed by atoms with Gasteiger partial charge in [-0.2, -0.15) is 5.10 Å². The Labute approximate surface area is 179 Å². The third kappa shape index (κ3) is 4.30. The third-order valence-electron chi connectivity index (χ3n) is 6.07. The number of aromatic amines is 1. The Bertz CT molecular complexity index is 906. The molecule has 0 bridgehead atoms. The van der Waals surface area contributed by atoms with Crippen LogP contribution in [0.5, 0.6) is 0 Å². The summed E-state index contributed by atoms with van der Waals surface area (Å²) >= 11 is 6.96. The first kappa shape index (κ1) is 20.3. The van der Waals surface area contributed by atoms with Gasteiger partial charge in [0.05, 0.1) is 4.88 Å². The zero-order valence-electron chi connectivity index (χ0n) is 16.7. The lowest BCUT2D eigenvalue weighted by Crippen LogP contribution is -2.52. The first-order chi connectivity index (χ1) is 14.0. The van der Waals surface area contributed by atoms with Crippen molar-refractivity contribution in [3.8, 4) is 10.7 Å². The van der Waals surface area contributed by atoms with E-state index in [0.717, 1.165) is 4.88 Å². The highest BCUT2D eigenvalue weighted by molar-refractivity contribution is 7.71. The molecule has 1 aliphatic heterocycles. The van der Waals surface area contributed by atoms with Gasteiger partial charge in [-0.25, -0.2) is 0 Å². The van der Waals surface area contributed by atoms with Gasteiger partial charge in [-0.15, -0.1) is 11.3 Å². The fraction of sp³-hybridized carbons (Fsp3) is 0.600. The van der Waals surface area contributed by atoms with Crippen LogP contribution in [0.3, 0.4) is 0 Å². The minimum absolute atomic E-state index is 0.0169. The molecule has 9 heteroatoms. The van der Waals surface area contributed by atoms with Gasteiger partial charge in [0.1, 0.15) is 6.04 Å². The highest BCUT2D eigenvalue weighted by Gasteiger charge is 2.30. The van der Waals surface area contributed by atoms with Crippen LogP contribution in [0.1, 0.15) is 45.1 Å². The maximum absolute atomic E-state index is 13.1. The second-order valence-corrected chi connectivity index (χ2v) is 9.27. The molecule has 1 saturated carbocycles. The van der Waals surface area contributed by atoms with Crippen LogP contribution in [-0.4, -0.2) is 62.6 Å². The van der Waals surface area contributed by atoms with E-state index in [4.69, 9.17) is 12.2 Å². The summed E-state index contributed by atoms with van der Waals surface area (Å²) in [6, 6.07) is 3.48. The van der Waals surface area contributed by atoms with Crippen LogP contribution in [0.2, 0.25) is 0 Å². The van der Waals surface area contributed by atoms with Crippen molar-refractivity contribution in [1.29, 1.82) is 0 Å². The maximum Gasteiger partial charge on any atom is 0.245 e. The van der Waals surface area contributed by atoms with E-state index in [-0.39, 0.29) is 11.8 Å². The van der Waals surface area contributed by atoms with Crippen molar-refractivity contribution in [2.75, 3.05) is 26.2 Å². The van der Waals surface area contributed by atoms with Gasteiger partial charge in [-0.05, 0) is 49.3 Å². The molecule has 29 heavy (non-hydrogen) atoms. The van der Waals surface area contributed by atoms with Crippen LogP contribution in [-0.2, 0) is 9.59 Å². The van der Waals surface area contributed by atoms with Crippen LogP contribution in [0.15, 0.2) is 17.5 Å². The Balaban J connectivity index is 1.38. The van der Waals surface area contributed by atoms with Gasteiger partial charge >= 0.3 is 0 Å². The van der Waals surface area contributed by atoms with Crippen LogP contribution in [0, 0.1) is 10.7 Å². The van der Waals surface area contributed by atoms with Gasteiger partial charge in [0.2, 0.25) is 11.8 Å². The van der Waals surface area contributed by atoms with E-state index in [0.29, 0.717) is 49.1 Å². The summed E-state index contributed by atoms with van der Waals surface area (Å²) in [5.74, 6) is 1.51. The van der Waals surface area contributed by atoms with Crippen molar-refractivity contribution in [2.45, 2.75) is 45.1 Å². The average molecular weight is 434 g/mol. The first-order valence-electron chi connectivity index (χ1n) is 10.3. The largest absolute Gasteiger partial charge is 0.339 e. The number of amides is 2. The molecule has 2 aromatic rings. The molecule has 2 fully saturated rings. The van der Waals surface area contributed by atoms with Crippen LogP contribution >= 0.6 is 23.6 Å². The number of hydrogen-bond donors (Lipinski definition) is 1. The average Bonchev–Trinajstić information content (AvgIpc) is 3.49. The molecule has 0 aromatic carbocycles. The number of thiophene rings is 1. The Morgan fingerprint density at radius 2 is 1.93 bits per heavy atom. The predicted octanol–water partition coefficient (Wildman–Crippen LogP) is 3.48. The summed E-state index contributed by atoms with van der Waals surface area (Å²) in [6.45, 7) is 4.22. The Morgan fingerprint density at radius 3 is 2.59 bits per heavy atom. The van der Waals surface area contributed by atoms with E-state index < -0.39 is 6.04 Å². The number of carbonyl (C=O) groups is 2. The fourth-order valence-electron chi connectivity index (χ4n) is 4.39. The zero-order chi connectivity index (χ0) is 20.4. The first-order valence-corrected chi connectivity index (χ1v) is 11.6. The second kappa shape index (κ2) is 8.79. The number of carbonyl (C=O) groups excluding carboxylic acids is 2. The quantitative estimate of drug-likeness (QED) is 0.733. The number of nitrogens with zero attached hydrogens (tertiary/aromatic N) is 4. The van der Waals surface area contributed by atoms with E-state index in [1.807, 2.05) is 34.2 Å². The molecule has 156 valence electrons. The Kier molecular flexibility index (Phi) is 6.15. The van der Waals surface area contributed by atoms with Gasteiger partial charge in [0, 0.05) is 32.6 Å². The summed E-state index contributed by atoms with van der Waals surface area (Å²) in [5, 5.41) is 9.12. The molecule has 2 amide bonds. The van der Waals surface area contributed by atoms with E-state index in [9.17, 15) is 9.59 Å². The van der Waals surface area contributed by atoms with Crippen LogP contribution < -0.4 is 0 Å². The van der Waals surface area contributed by atoms with Crippen molar-refractivity contribution in [3.63, 3.8) is 0 Å². The molecular formula is C20H27N5O2S2. The van der Waals surface area contributed by atoms with Crippen molar-refractivity contribution in [1.82, 2.24) is 24.6 Å². The normalized spacial score (nSPS) is 18.9. The molecule has 0 radical (unpaired) electrons. The van der Waals surface area contributed by atoms with E-state index in [1.165, 1.54) is 25.7 Å². The number of hydrogen-bond acceptors (Lipinski definition) is 5. The van der Waals surface area contributed by atoms with E-state index in [2.05, 4.69) is 10.2 Å². The van der Waals surface area contributed by atoms with Crippen LogP contribution in [0.25, 0.3) is 10.7 Å². The predicted molar refractivity (Wildman–Crippen MR) is 115 cm³/mol. The molecule has 1 N–H and O–H groups in total. The minimum Gasteiger partial charge on any atom is -0.339 e. The van der Waals surface area contributed by atoms with Crippen molar-refractivity contribution in [2.24, 2.45) is 5.92 Å². The molecule has 4 rings (SSSR count). The SMILES string of the molecule is CC(C(=O)N1CCN(C(=O)CC2CCCC2)CC1)n1c(-c2cccs2)n[nH]c1=S. The van der Waals surface area contributed by atoms with Gasteiger partial charge in [-0.1, -0.05) is 18.9 Å². The maximum atomic E-state index is 13.1. The standard InChI is InChI=1S/C20H27N5O2S2/c1-14(25-18(21-22-20(25)28)16-7-4-12-29-16)19(27)24-10-8-23(9-11-24)17(26)13-15-5-2-3-6-15/h4,7,12,14-15H,2-3,5-6,8-11,13H2,1H3,(H,22,28). The molecule has 3 heterocycles. The lowest BCUT2D eigenvalue weighted by molar-refractivity contribution is -0.141. The lowest BCUT2D eigenvalue weighted by Gasteiger charge is -2.36. The number of aromatic nitrogens is 3. The summed E-state index contributed by atoms with van der Waals surface area (Å²) in [6.07, 6.45) is 5.53. The molecule has 7 nitrogen and oxygen atoms in total. The number of nitrogens with one attached hydrogen (secondary N) is 1. The topological polar surface area (TPSA) is 74.2 Å². The smallest absolute Gasteiger partial charge is 0.245 e. The molecule has 2 aromatic heterocycles. The monoisotopic (exact) mass is 433 g/mol. The minimum atomic E-state index is -0.445. The molecule has 2 aliphatic rings.